The van der Waals surface area contributed by atoms with Crippen molar-refractivity contribution in [1.82, 2.24) is 9.97 Å². The maximum Gasteiger partial charge on any atom is 0.0968 e. The molecule has 0 amide bonds. The van der Waals surface area contributed by atoms with Crippen molar-refractivity contribution in [2.75, 3.05) is 0 Å². The van der Waals surface area contributed by atoms with Gasteiger partial charge in [0, 0.05) is 17.8 Å². The van der Waals surface area contributed by atoms with Gasteiger partial charge in [-0.25, -0.2) is 0 Å². The lowest BCUT2D eigenvalue weighted by molar-refractivity contribution is 1.23. The van der Waals surface area contributed by atoms with Gasteiger partial charge in [0.15, 0.2) is 0 Å². The molecule has 2 nitrogen and oxygen atoms in total. The van der Waals surface area contributed by atoms with Crippen LogP contribution in [0.2, 0.25) is 0 Å². The predicted molar refractivity (Wildman–Crippen MR) is 90.3 cm³/mol. The molecule has 2 aromatic carbocycles. The Kier molecular flexibility index (Phi) is 3.78. The van der Waals surface area contributed by atoms with Gasteiger partial charge in [0.25, 0.3) is 0 Å². The van der Waals surface area contributed by atoms with Crippen LogP contribution in [0.5, 0.6) is 0 Å². The fraction of sp³-hybridized carbons (Fsp3) is 0.158. The number of rotatable bonds is 0. The van der Waals surface area contributed by atoms with Crippen LogP contribution in [0.3, 0.4) is 0 Å². The van der Waals surface area contributed by atoms with Crippen molar-refractivity contribution >= 4 is 27.9 Å². The predicted octanol–water partition coefficient (Wildman–Crippen LogP) is 4.93. The van der Waals surface area contributed by atoms with Crippen molar-refractivity contribution in [2.45, 2.75) is 20.3 Å². The summed E-state index contributed by atoms with van der Waals surface area (Å²) >= 11 is 0. The smallest absolute Gasteiger partial charge is 0.0968 e. The highest BCUT2D eigenvalue weighted by atomic mass is 14.8. The van der Waals surface area contributed by atoms with Crippen LogP contribution in [0.4, 0.5) is 0 Å². The van der Waals surface area contributed by atoms with Gasteiger partial charge in [0.05, 0.1) is 11.0 Å². The van der Waals surface area contributed by atoms with E-state index in [4.69, 9.17) is 0 Å². The van der Waals surface area contributed by atoms with Gasteiger partial charge >= 0.3 is 0 Å². The zero-order valence-electron chi connectivity index (χ0n) is 12.4. The molecule has 0 unspecified atom stereocenters. The van der Waals surface area contributed by atoms with Gasteiger partial charge in [-0.2, -0.15) is 0 Å². The van der Waals surface area contributed by atoms with E-state index in [-0.39, 0.29) is 0 Å². The van der Waals surface area contributed by atoms with E-state index in [2.05, 4.69) is 58.5 Å². The molecule has 3 aromatic rings. The van der Waals surface area contributed by atoms with Crippen LogP contribution in [0.1, 0.15) is 25.0 Å². The van der Waals surface area contributed by atoms with Gasteiger partial charge in [-0.05, 0) is 22.9 Å². The summed E-state index contributed by atoms with van der Waals surface area (Å²) in [6, 6.07) is 8.43. The number of fused-ring (bicyclic) bond motifs is 6. The molecule has 0 N–H and O–H groups in total. The molecule has 0 saturated carbocycles. The van der Waals surface area contributed by atoms with Crippen LogP contribution in [0.25, 0.3) is 27.9 Å². The summed E-state index contributed by atoms with van der Waals surface area (Å²) in [4.78, 5) is 9.09. The van der Waals surface area contributed by atoms with Crippen LogP contribution in [-0.2, 0) is 6.42 Å². The van der Waals surface area contributed by atoms with E-state index in [1.54, 1.807) is 12.4 Å². The number of nitrogens with zero attached hydrogens (tertiary/aromatic N) is 2. The number of hydrogen-bond donors (Lipinski definition) is 0. The Bertz CT molecular complexity index is 845. The molecule has 1 aliphatic rings. The second-order valence-corrected chi connectivity index (χ2v) is 4.68. The zero-order chi connectivity index (χ0) is 14.7. The van der Waals surface area contributed by atoms with E-state index in [0.29, 0.717) is 0 Å². The number of allylic oxidation sites excluding steroid dienone is 3. The molecule has 0 bridgehead atoms. The van der Waals surface area contributed by atoms with E-state index in [0.717, 1.165) is 17.5 Å². The molecule has 1 aliphatic carbocycles. The van der Waals surface area contributed by atoms with E-state index in [9.17, 15) is 0 Å². The van der Waals surface area contributed by atoms with Crippen LogP contribution < -0.4 is 0 Å². The maximum atomic E-state index is 4.56. The summed E-state index contributed by atoms with van der Waals surface area (Å²) in [6.07, 6.45) is 13.0. The topological polar surface area (TPSA) is 25.8 Å². The fourth-order valence-electron chi connectivity index (χ4n) is 2.78. The first kappa shape index (κ1) is 13.5. The summed E-state index contributed by atoms with van der Waals surface area (Å²) in [7, 11) is 0. The third-order valence-corrected chi connectivity index (χ3v) is 3.61. The fourth-order valence-corrected chi connectivity index (χ4v) is 2.78. The lowest BCUT2D eigenvalue weighted by Crippen LogP contribution is -1.95. The van der Waals surface area contributed by atoms with Gasteiger partial charge in [-0.3, -0.25) is 9.97 Å². The molecule has 0 radical (unpaired) electrons. The van der Waals surface area contributed by atoms with E-state index in [1.807, 2.05) is 13.8 Å². The molecule has 104 valence electrons. The molecule has 21 heavy (non-hydrogen) atoms. The van der Waals surface area contributed by atoms with E-state index >= 15 is 0 Å². The molecule has 0 aliphatic heterocycles. The highest BCUT2D eigenvalue weighted by molar-refractivity contribution is 6.09. The van der Waals surface area contributed by atoms with Gasteiger partial charge in [0.1, 0.15) is 0 Å². The Morgan fingerprint density at radius 1 is 0.857 bits per heavy atom. The maximum absolute atomic E-state index is 4.56. The molecule has 1 heterocycles. The molecule has 4 rings (SSSR count). The first-order valence-electron chi connectivity index (χ1n) is 7.42. The molecule has 1 aromatic heterocycles. The van der Waals surface area contributed by atoms with Crippen LogP contribution in [0, 0.1) is 0 Å². The first-order valence-corrected chi connectivity index (χ1v) is 7.42. The standard InChI is InChI=1S/C17H12N2.C2H6/c1-2-6-12-13-7-4-5-9-15(13)17-16(14(12)8-3-1)18-10-11-19-17;1-2/h1-7,9-11H,8H2;1-2H3. The highest BCUT2D eigenvalue weighted by Crippen LogP contribution is 2.32. The summed E-state index contributed by atoms with van der Waals surface area (Å²) < 4.78 is 0. The lowest BCUT2D eigenvalue weighted by atomic mass is 9.95. The summed E-state index contributed by atoms with van der Waals surface area (Å²) in [6.45, 7) is 4.00. The Hall–Kier alpha value is -2.48. The highest BCUT2D eigenvalue weighted by Gasteiger charge is 2.13. The van der Waals surface area contributed by atoms with Gasteiger partial charge in [-0.1, -0.05) is 62.4 Å². The average Bonchev–Trinajstić information content (AvgIpc) is 2.83. The SMILES string of the molecule is C1=CCc2c(c3ccccc3c3nccnc23)C=C1.CC. The van der Waals surface area contributed by atoms with Crippen molar-refractivity contribution in [3.63, 3.8) is 0 Å². The third-order valence-electron chi connectivity index (χ3n) is 3.61. The summed E-state index contributed by atoms with van der Waals surface area (Å²) in [5.74, 6) is 0. The number of hydrogen-bond acceptors (Lipinski definition) is 2. The Morgan fingerprint density at radius 3 is 2.38 bits per heavy atom. The van der Waals surface area contributed by atoms with Gasteiger partial charge in [-0.15, -0.1) is 0 Å². The molecule has 0 atom stereocenters. The number of aromatic nitrogens is 2. The molecular weight excluding hydrogens is 256 g/mol. The minimum Gasteiger partial charge on any atom is -0.253 e. The zero-order valence-corrected chi connectivity index (χ0v) is 12.4. The molecule has 0 saturated heterocycles. The van der Waals surface area contributed by atoms with Crippen LogP contribution in [-0.4, -0.2) is 9.97 Å². The minimum atomic E-state index is 0.905. The second kappa shape index (κ2) is 5.88. The van der Waals surface area contributed by atoms with Crippen LogP contribution >= 0.6 is 0 Å². The third kappa shape index (κ3) is 2.23. The Labute approximate surface area is 124 Å². The van der Waals surface area contributed by atoms with Gasteiger partial charge in [0.2, 0.25) is 0 Å². The normalized spacial score (nSPS) is 12.7. The molecular formula is C19H18N2. The quantitative estimate of drug-likeness (QED) is 0.543. The van der Waals surface area contributed by atoms with Crippen molar-refractivity contribution in [1.29, 1.82) is 0 Å². The monoisotopic (exact) mass is 274 g/mol. The van der Waals surface area contributed by atoms with Crippen LogP contribution in [0.15, 0.2) is 54.9 Å². The first-order chi connectivity index (χ1) is 10.4. The minimum absolute atomic E-state index is 0.905. The molecule has 0 spiro atoms. The number of benzene rings is 2. The van der Waals surface area contributed by atoms with Crippen molar-refractivity contribution in [3.05, 3.63) is 66.0 Å². The average molecular weight is 274 g/mol. The van der Waals surface area contributed by atoms with Crippen molar-refractivity contribution in [3.8, 4) is 0 Å². The summed E-state index contributed by atoms with van der Waals surface area (Å²) in [5, 5.41) is 2.43. The van der Waals surface area contributed by atoms with Crippen molar-refractivity contribution in [2.24, 2.45) is 0 Å². The molecule has 2 heteroatoms. The molecule has 0 fully saturated rings. The Balaban J connectivity index is 0.000000636. The largest absolute Gasteiger partial charge is 0.253 e. The van der Waals surface area contributed by atoms with Crippen molar-refractivity contribution < 1.29 is 0 Å². The Morgan fingerprint density at radius 2 is 1.57 bits per heavy atom. The van der Waals surface area contributed by atoms with E-state index in [1.165, 1.54) is 21.9 Å². The second-order valence-electron chi connectivity index (χ2n) is 4.68. The summed E-state index contributed by atoms with van der Waals surface area (Å²) in [5.41, 5.74) is 4.56. The lowest BCUT2D eigenvalue weighted by Gasteiger charge is -2.11. The van der Waals surface area contributed by atoms with E-state index < -0.39 is 0 Å². The van der Waals surface area contributed by atoms with Gasteiger partial charge < -0.3 is 0 Å².